The van der Waals surface area contributed by atoms with Crippen molar-refractivity contribution >= 4 is 11.8 Å². The van der Waals surface area contributed by atoms with E-state index >= 15 is 0 Å². The van der Waals surface area contributed by atoms with E-state index in [9.17, 15) is 9.59 Å². The largest absolute Gasteiger partial charge is 0.352 e. The third kappa shape index (κ3) is 8.54. The van der Waals surface area contributed by atoms with E-state index < -0.39 is 6.04 Å². The van der Waals surface area contributed by atoms with Crippen LogP contribution in [0.5, 0.6) is 0 Å². The molecule has 1 aliphatic rings. The Morgan fingerprint density at radius 1 is 0.821 bits per heavy atom. The molecule has 1 saturated carbocycles. The zero-order chi connectivity index (χ0) is 27.6. The van der Waals surface area contributed by atoms with E-state index in [4.69, 9.17) is 0 Å². The number of benzene rings is 3. The molecule has 2 amide bonds. The molecule has 0 saturated heterocycles. The minimum absolute atomic E-state index is 0.0169. The third-order valence-corrected chi connectivity index (χ3v) is 7.97. The summed E-state index contributed by atoms with van der Waals surface area (Å²) in [4.78, 5) is 29.6. The molecule has 0 bridgehead atoms. The predicted molar refractivity (Wildman–Crippen MR) is 160 cm³/mol. The van der Waals surface area contributed by atoms with Gasteiger partial charge in [-0.05, 0) is 54.4 Å². The smallest absolute Gasteiger partial charge is 0.243 e. The number of nitrogens with one attached hydrogen (secondary N) is 1. The van der Waals surface area contributed by atoms with E-state index in [-0.39, 0.29) is 17.9 Å². The Labute approximate surface area is 234 Å². The summed E-state index contributed by atoms with van der Waals surface area (Å²) in [5.74, 6) is 0.461. The average molecular weight is 525 g/mol. The fraction of sp³-hybridized carbons (Fsp3) is 0.429. The Morgan fingerprint density at radius 3 is 2.10 bits per heavy atom. The maximum absolute atomic E-state index is 13.9. The molecule has 0 radical (unpaired) electrons. The maximum Gasteiger partial charge on any atom is 0.243 e. The minimum Gasteiger partial charge on any atom is -0.352 e. The van der Waals surface area contributed by atoms with Crippen LogP contribution < -0.4 is 5.32 Å². The highest BCUT2D eigenvalue weighted by Crippen LogP contribution is 2.21. The van der Waals surface area contributed by atoms with Gasteiger partial charge in [0.1, 0.15) is 6.04 Å². The molecule has 1 fully saturated rings. The fourth-order valence-corrected chi connectivity index (χ4v) is 5.45. The van der Waals surface area contributed by atoms with Crippen molar-refractivity contribution in [1.82, 2.24) is 10.2 Å². The third-order valence-electron chi connectivity index (χ3n) is 7.97. The number of carbonyl (C=O) groups is 2. The molecule has 0 aliphatic heterocycles. The molecule has 3 aromatic rings. The molecular formula is C35H44N2O2. The van der Waals surface area contributed by atoms with E-state index in [1.54, 1.807) is 0 Å². The summed E-state index contributed by atoms with van der Waals surface area (Å²) in [5, 5.41) is 3.33. The summed E-state index contributed by atoms with van der Waals surface area (Å²) in [6.07, 6.45) is 7.09. The zero-order valence-electron chi connectivity index (χ0n) is 23.9. The first kappa shape index (κ1) is 28.6. The molecule has 4 nitrogen and oxygen atoms in total. The monoisotopic (exact) mass is 524 g/mol. The van der Waals surface area contributed by atoms with Gasteiger partial charge in [-0.2, -0.15) is 0 Å². The summed E-state index contributed by atoms with van der Waals surface area (Å²) in [6.45, 7) is 6.85. The fourth-order valence-electron chi connectivity index (χ4n) is 5.45. The minimum atomic E-state index is -0.563. The first-order valence-corrected chi connectivity index (χ1v) is 14.7. The normalized spacial score (nSPS) is 14.7. The van der Waals surface area contributed by atoms with Crippen LogP contribution in [0.1, 0.15) is 86.1 Å². The van der Waals surface area contributed by atoms with Crippen LogP contribution in [0.4, 0.5) is 0 Å². The molecule has 39 heavy (non-hydrogen) atoms. The maximum atomic E-state index is 13.9. The van der Waals surface area contributed by atoms with Gasteiger partial charge in [-0.15, -0.1) is 0 Å². The Kier molecular flexibility index (Phi) is 10.4. The topological polar surface area (TPSA) is 49.4 Å². The number of amides is 2. The molecule has 4 heteroatoms. The van der Waals surface area contributed by atoms with Crippen molar-refractivity contribution in [3.63, 3.8) is 0 Å². The Morgan fingerprint density at radius 2 is 1.46 bits per heavy atom. The lowest BCUT2D eigenvalue weighted by Crippen LogP contribution is -2.52. The van der Waals surface area contributed by atoms with Crippen LogP contribution >= 0.6 is 0 Å². The second-order valence-electron chi connectivity index (χ2n) is 11.5. The van der Waals surface area contributed by atoms with E-state index in [0.717, 1.165) is 42.4 Å². The number of hydrogen-bond donors (Lipinski definition) is 1. The van der Waals surface area contributed by atoms with E-state index in [1.165, 1.54) is 17.5 Å². The molecular weight excluding hydrogens is 480 g/mol. The highest BCUT2D eigenvalue weighted by atomic mass is 16.2. The molecule has 3 aromatic carbocycles. The molecule has 0 spiro atoms. The molecule has 1 aliphatic carbocycles. The van der Waals surface area contributed by atoms with Crippen molar-refractivity contribution in [2.24, 2.45) is 0 Å². The summed E-state index contributed by atoms with van der Waals surface area (Å²) in [7, 11) is 0. The van der Waals surface area contributed by atoms with Gasteiger partial charge in [-0.1, -0.05) is 118 Å². The van der Waals surface area contributed by atoms with Gasteiger partial charge in [-0.25, -0.2) is 0 Å². The van der Waals surface area contributed by atoms with E-state index in [0.29, 0.717) is 31.7 Å². The molecule has 0 heterocycles. The van der Waals surface area contributed by atoms with E-state index in [2.05, 4.69) is 74.6 Å². The lowest BCUT2D eigenvalue weighted by molar-refractivity contribution is -0.141. The van der Waals surface area contributed by atoms with Gasteiger partial charge >= 0.3 is 0 Å². The first-order chi connectivity index (χ1) is 18.9. The molecule has 4 rings (SSSR count). The van der Waals surface area contributed by atoms with Gasteiger partial charge in [0.15, 0.2) is 0 Å². The SMILES string of the molecule is Cc1ccc(CN(C(=O)CCc2ccc(C(C)C)cc2)[C@@H](Cc2ccccc2)C(=O)NC2CCCCC2)cc1. The number of carbonyl (C=O) groups excluding carboxylic acids is 2. The molecule has 0 unspecified atom stereocenters. The number of nitrogens with zero attached hydrogens (tertiary/aromatic N) is 1. The lowest BCUT2D eigenvalue weighted by Gasteiger charge is -2.33. The van der Waals surface area contributed by atoms with Crippen LogP contribution in [0.25, 0.3) is 0 Å². The van der Waals surface area contributed by atoms with Gasteiger partial charge in [-0.3, -0.25) is 9.59 Å². The van der Waals surface area contributed by atoms with Crippen LogP contribution in [0, 0.1) is 6.92 Å². The van der Waals surface area contributed by atoms with Crippen molar-refractivity contribution in [3.8, 4) is 0 Å². The number of hydrogen-bond acceptors (Lipinski definition) is 2. The highest BCUT2D eigenvalue weighted by molar-refractivity contribution is 5.88. The quantitative estimate of drug-likeness (QED) is 0.290. The molecule has 206 valence electrons. The summed E-state index contributed by atoms with van der Waals surface area (Å²) >= 11 is 0. The Hall–Kier alpha value is -3.40. The van der Waals surface area contributed by atoms with Crippen molar-refractivity contribution in [3.05, 3.63) is 107 Å². The van der Waals surface area contributed by atoms with Crippen LogP contribution in [-0.2, 0) is 29.0 Å². The van der Waals surface area contributed by atoms with Gasteiger partial charge < -0.3 is 10.2 Å². The number of rotatable bonds is 11. The number of aryl methyl sites for hydroxylation is 2. The van der Waals surface area contributed by atoms with Crippen LogP contribution in [0.2, 0.25) is 0 Å². The summed E-state index contributed by atoms with van der Waals surface area (Å²) in [6, 6.07) is 26.6. The average Bonchev–Trinajstić information content (AvgIpc) is 2.96. The van der Waals surface area contributed by atoms with Gasteiger partial charge in [0.2, 0.25) is 11.8 Å². The molecule has 1 atom stereocenters. The van der Waals surface area contributed by atoms with Crippen LogP contribution in [0.3, 0.4) is 0 Å². The van der Waals surface area contributed by atoms with Gasteiger partial charge in [0.25, 0.3) is 0 Å². The van der Waals surface area contributed by atoms with Crippen molar-refractivity contribution in [2.45, 2.75) is 96.7 Å². The zero-order valence-corrected chi connectivity index (χ0v) is 23.9. The first-order valence-electron chi connectivity index (χ1n) is 14.7. The molecule has 0 aromatic heterocycles. The van der Waals surface area contributed by atoms with Gasteiger partial charge in [0, 0.05) is 25.4 Å². The lowest BCUT2D eigenvalue weighted by atomic mass is 9.94. The van der Waals surface area contributed by atoms with Crippen molar-refractivity contribution < 1.29 is 9.59 Å². The Bertz CT molecular complexity index is 1180. The van der Waals surface area contributed by atoms with E-state index in [1.807, 2.05) is 35.2 Å². The standard InChI is InChI=1S/C35H44N2O2/c1-26(2)31-21-18-28(19-22-31)20-23-34(38)37(25-30-16-14-27(3)15-17-30)33(24-29-10-6-4-7-11-29)35(39)36-32-12-8-5-9-13-32/h4,6-7,10-11,14-19,21-22,26,32-33H,5,8-9,12-13,20,23-25H2,1-3H3,(H,36,39)/t33-/m0/s1. The summed E-state index contributed by atoms with van der Waals surface area (Å²) in [5.41, 5.74) is 5.73. The molecule has 1 N–H and O–H groups in total. The van der Waals surface area contributed by atoms with Crippen molar-refractivity contribution in [1.29, 1.82) is 0 Å². The van der Waals surface area contributed by atoms with Crippen LogP contribution in [-0.4, -0.2) is 28.8 Å². The van der Waals surface area contributed by atoms with Gasteiger partial charge in [0.05, 0.1) is 0 Å². The highest BCUT2D eigenvalue weighted by Gasteiger charge is 2.31. The second-order valence-corrected chi connectivity index (χ2v) is 11.5. The second kappa shape index (κ2) is 14.1. The Balaban J connectivity index is 1.58. The van der Waals surface area contributed by atoms with Crippen LogP contribution in [0.15, 0.2) is 78.9 Å². The summed E-state index contributed by atoms with van der Waals surface area (Å²) < 4.78 is 0. The van der Waals surface area contributed by atoms with Crippen molar-refractivity contribution in [2.75, 3.05) is 0 Å². The predicted octanol–water partition coefficient (Wildman–Crippen LogP) is 7.14.